The van der Waals surface area contributed by atoms with Crippen LogP contribution in [0.1, 0.15) is 20.1 Å². The van der Waals surface area contributed by atoms with Crippen LogP contribution in [0.15, 0.2) is 99.7 Å². The molecule has 5 nitrogen and oxygen atoms in total. The number of para-hydroxylation sites is 1. The Morgan fingerprint density at radius 3 is 2.30 bits per heavy atom. The lowest BCUT2D eigenvalue weighted by molar-refractivity contribution is 0.0956. The predicted molar refractivity (Wildman–Crippen MR) is 138 cm³/mol. The summed E-state index contributed by atoms with van der Waals surface area (Å²) in [5.41, 5.74) is 6.40. The summed E-state index contributed by atoms with van der Waals surface area (Å²) < 4.78 is 0. The lowest BCUT2D eigenvalue weighted by atomic mass is 10.0. The minimum Gasteiger partial charge on any atom is -0.267 e. The van der Waals surface area contributed by atoms with E-state index in [4.69, 9.17) is 4.98 Å². The van der Waals surface area contributed by atoms with Crippen LogP contribution in [-0.2, 0) is 0 Å². The summed E-state index contributed by atoms with van der Waals surface area (Å²) in [6.45, 7) is 0. The zero-order valence-electron chi connectivity index (χ0n) is 17.4. The summed E-state index contributed by atoms with van der Waals surface area (Å²) in [5, 5.41) is 8.87. The second-order valence-corrected chi connectivity index (χ2v) is 9.07. The van der Waals surface area contributed by atoms with Crippen molar-refractivity contribution in [1.82, 2.24) is 10.4 Å². The minimum atomic E-state index is -0.278. The number of nitrogens with zero attached hydrogens (tertiary/aromatic N) is 3. The van der Waals surface area contributed by atoms with Crippen molar-refractivity contribution in [3.8, 4) is 11.3 Å². The maximum atomic E-state index is 13.0. The summed E-state index contributed by atoms with van der Waals surface area (Å²) in [7, 11) is 0. The van der Waals surface area contributed by atoms with E-state index in [1.165, 1.54) is 0 Å². The normalized spacial score (nSPS) is 11.5. The van der Waals surface area contributed by atoms with E-state index in [1.807, 2.05) is 95.8 Å². The Kier molecular flexibility index (Phi) is 6.14. The Morgan fingerprint density at radius 2 is 1.58 bits per heavy atom. The third kappa shape index (κ3) is 4.95. The molecule has 0 aliphatic heterocycles. The van der Waals surface area contributed by atoms with Gasteiger partial charge in [-0.3, -0.25) is 9.79 Å². The molecule has 7 heteroatoms. The van der Waals surface area contributed by atoms with Gasteiger partial charge in [-0.15, -0.1) is 22.7 Å². The third-order valence-electron chi connectivity index (χ3n) is 4.91. The van der Waals surface area contributed by atoms with Crippen LogP contribution in [0.3, 0.4) is 0 Å². The smallest absolute Gasteiger partial charge is 0.267 e. The maximum absolute atomic E-state index is 13.0. The Morgan fingerprint density at radius 1 is 0.848 bits per heavy atom. The fourth-order valence-corrected chi connectivity index (χ4v) is 4.48. The second kappa shape index (κ2) is 9.68. The number of pyridine rings is 1. The van der Waals surface area contributed by atoms with E-state index in [0.717, 1.165) is 37.6 Å². The van der Waals surface area contributed by atoms with Gasteiger partial charge < -0.3 is 0 Å². The zero-order valence-corrected chi connectivity index (χ0v) is 19.0. The fourth-order valence-electron chi connectivity index (χ4n) is 3.31. The first-order valence-corrected chi connectivity index (χ1v) is 12.0. The van der Waals surface area contributed by atoms with E-state index in [9.17, 15) is 4.79 Å². The highest BCUT2D eigenvalue weighted by Gasteiger charge is 2.13. The largest absolute Gasteiger partial charge is 0.272 e. The molecular formula is C26H18N4OS2. The average Bonchev–Trinajstić information content (AvgIpc) is 3.57. The van der Waals surface area contributed by atoms with Crippen LogP contribution in [0.25, 0.3) is 22.2 Å². The van der Waals surface area contributed by atoms with Gasteiger partial charge in [-0.2, -0.15) is 5.10 Å². The van der Waals surface area contributed by atoms with Crippen molar-refractivity contribution < 1.29 is 4.79 Å². The standard InChI is InChI=1S/C26H18N4OS2/c31-26(30-28-17-21-6-4-14-33-21)23-15-25(29-24-8-2-1-7-22(23)24)18-9-11-19(12-10-18)27-16-20-5-3-13-32-20/h1-17H,(H,30,31)/b27-16?,28-17+. The van der Waals surface area contributed by atoms with Crippen LogP contribution in [-0.4, -0.2) is 23.3 Å². The molecule has 0 aliphatic rings. The van der Waals surface area contributed by atoms with Crippen LogP contribution in [0, 0.1) is 0 Å². The van der Waals surface area contributed by atoms with Gasteiger partial charge in [-0.25, -0.2) is 10.4 Å². The molecule has 0 saturated heterocycles. The van der Waals surface area contributed by atoms with Crippen molar-refractivity contribution in [2.24, 2.45) is 10.1 Å². The first kappa shape index (κ1) is 20.9. The summed E-state index contributed by atoms with van der Waals surface area (Å²) in [6, 6.07) is 25.2. The Bertz CT molecular complexity index is 1440. The molecule has 0 atom stereocenters. The van der Waals surface area contributed by atoms with E-state index in [-0.39, 0.29) is 5.91 Å². The molecule has 0 spiro atoms. The predicted octanol–water partition coefficient (Wildman–Crippen LogP) is 6.54. The number of amides is 1. The van der Waals surface area contributed by atoms with Gasteiger partial charge in [-0.1, -0.05) is 42.5 Å². The van der Waals surface area contributed by atoms with Gasteiger partial charge >= 0.3 is 0 Å². The highest BCUT2D eigenvalue weighted by molar-refractivity contribution is 7.12. The number of thiophene rings is 2. The van der Waals surface area contributed by atoms with E-state index in [2.05, 4.69) is 15.5 Å². The van der Waals surface area contributed by atoms with Gasteiger partial charge in [0, 0.05) is 26.9 Å². The summed E-state index contributed by atoms with van der Waals surface area (Å²) in [5.74, 6) is -0.278. The molecule has 0 fully saturated rings. The molecule has 0 saturated carbocycles. The Labute approximate surface area is 198 Å². The number of fused-ring (bicyclic) bond motifs is 1. The van der Waals surface area contributed by atoms with Gasteiger partial charge in [0.05, 0.1) is 28.7 Å². The molecule has 5 rings (SSSR count). The van der Waals surface area contributed by atoms with Gasteiger partial charge in [0.1, 0.15) is 0 Å². The molecule has 0 radical (unpaired) electrons. The summed E-state index contributed by atoms with van der Waals surface area (Å²) >= 11 is 3.20. The highest BCUT2D eigenvalue weighted by atomic mass is 32.1. The molecule has 1 N–H and O–H groups in total. The third-order valence-corrected chi connectivity index (χ3v) is 6.52. The second-order valence-electron chi connectivity index (χ2n) is 7.11. The van der Waals surface area contributed by atoms with Gasteiger partial charge in [0.15, 0.2) is 0 Å². The van der Waals surface area contributed by atoms with Crippen molar-refractivity contribution in [3.63, 3.8) is 0 Å². The first-order chi connectivity index (χ1) is 16.3. The minimum absolute atomic E-state index is 0.278. The van der Waals surface area contributed by atoms with Gasteiger partial charge in [0.25, 0.3) is 5.91 Å². The molecule has 3 aromatic heterocycles. The molecule has 3 heterocycles. The molecule has 0 bridgehead atoms. The van der Waals surface area contributed by atoms with Crippen molar-refractivity contribution >= 4 is 57.6 Å². The van der Waals surface area contributed by atoms with Crippen molar-refractivity contribution in [2.45, 2.75) is 0 Å². The SMILES string of the molecule is O=C(N/N=C/c1cccs1)c1cc(-c2ccc(N=Cc3cccs3)cc2)nc2ccccc12. The molecule has 0 unspecified atom stereocenters. The molecular weight excluding hydrogens is 448 g/mol. The van der Waals surface area contributed by atoms with E-state index in [1.54, 1.807) is 28.9 Å². The van der Waals surface area contributed by atoms with Crippen molar-refractivity contribution in [2.75, 3.05) is 0 Å². The molecule has 33 heavy (non-hydrogen) atoms. The van der Waals surface area contributed by atoms with Crippen LogP contribution < -0.4 is 5.43 Å². The van der Waals surface area contributed by atoms with E-state index < -0.39 is 0 Å². The first-order valence-electron chi connectivity index (χ1n) is 10.2. The Hall–Kier alpha value is -3.94. The lowest BCUT2D eigenvalue weighted by Crippen LogP contribution is -2.18. The topological polar surface area (TPSA) is 66.7 Å². The molecule has 160 valence electrons. The van der Waals surface area contributed by atoms with Crippen LogP contribution in [0.5, 0.6) is 0 Å². The number of carbonyl (C=O) groups is 1. The quantitative estimate of drug-likeness (QED) is 0.228. The number of hydrogen-bond acceptors (Lipinski definition) is 6. The Balaban J connectivity index is 1.43. The average molecular weight is 467 g/mol. The lowest BCUT2D eigenvalue weighted by Gasteiger charge is -2.09. The number of nitrogens with one attached hydrogen (secondary N) is 1. The number of hydrogen-bond donors (Lipinski definition) is 1. The summed E-state index contributed by atoms with van der Waals surface area (Å²) in [4.78, 5) is 24.3. The number of aromatic nitrogens is 1. The number of aliphatic imine (C=N–C) groups is 1. The number of hydrazone groups is 1. The van der Waals surface area contributed by atoms with Crippen LogP contribution in [0.2, 0.25) is 0 Å². The fraction of sp³-hybridized carbons (Fsp3) is 0. The highest BCUT2D eigenvalue weighted by Crippen LogP contribution is 2.26. The number of rotatable bonds is 6. The van der Waals surface area contributed by atoms with E-state index >= 15 is 0 Å². The molecule has 2 aromatic carbocycles. The van der Waals surface area contributed by atoms with Crippen LogP contribution in [0.4, 0.5) is 5.69 Å². The summed E-state index contributed by atoms with van der Waals surface area (Å²) in [6.07, 6.45) is 3.50. The zero-order chi connectivity index (χ0) is 22.5. The van der Waals surface area contributed by atoms with Gasteiger partial charge in [0.2, 0.25) is 0 Å². The number of carbonyl (C=O) groups excluding carboxylic acids is 1. The molecule has 0 aliphatic carbocycles. The van der Waals surface area contributed by atoms with Crippen molar-refractivity contribution in [1.29, 1.82) is 0 Å². The van der Waals surface area contributed by atoms with Crippen molar-refractivity contribution in [3.05, 3.63) is 105 Å². The van der Waals surface area contributed by atoms with E-state index in [0.29, 0.717) is 5.56 Å². The maximum Gasteiger partial charge on any atom is 0.272 e. The number of benzene rings is 2. The molecule has 1 amide bonds. The van der Waals surface area contributed by atoms with Gasteiger partial charge in [-0.05, 0) is 47.2 Å². The van der Waals surface area contributed by atoms with Crippen LogP contribution >= 0.6 is 22.7 Å². The monoisotopic (exact) mass is 466 g/mol. The molecule has 5 aromatic rings.